The van der Waals surface area contributed by atoms with E-state index >= 15 is 0 Å². The van der Waals surface area contributed by atoms with E-state index in [2.05, 4.69) is 18.7 Å². The van der Waals surface area contributed by atoms with Crippen molar-refractivity contribution < 1.29 is 9.90 Å². The van der Waals surface area contributed by atoms with E-state index in [0.717, 1.165) is 17.6 Å². The highest BCUT2D eigenvalue weighted by atomic mass is 16.4. The van der Waals surface area contributed by atoms with Gasteiger partial charge in [-0.2, -0.15) is 0 Å². The van der Waals surface area contributed by atoms with Crippen molar-refractivity contribution in [3.8, 4) is 0 Å². The van der Waals surface area contributed by atoms with Crippen LogP contribution in [-0.2, 0) is 4.79 Å². The molecule has 0 amide bonds. The predicted molar refractivity (Wildman–Crippen MR) is 68.4 cm³/mol. The smallest absolute Gasteiger partial charge is 0.309 e. The molecule has 0 saturated carbocycles. The predicted octanol–water partition coefficient (Wildman–Crippen LogP) is 3.96. The van der Waals surface area contributed by atoms with Crippen molar-refractivity contribution in [1.82, 2.24) is 0 Å². The summed E-state index contributed by atoms with van der Waals surface area (Å²) in [6, 6.07) is 0. The van der Waals surface area contributed by atoms with Gasteiger partial charge in [0.25, 0.3) is 0 Å². The molecule has 0 aliphatic carbocycles. The molecule has 0 rings (SSSR count). The highest BCUT2D eigenvalue weighted by molar-refractivity contribution is 5.73. The topological polar surface area (TPSA) is 37.3 Å². The second-order valence-electron chi connectivity index (χ2n) is 4.80. The van der Waals surface area contributed by atoms with Crippen molar-refractivity contribution in [3.63, 3.8) is 0 Å². The molecular weight excluding hydrogens is 200 g/mol. The van der Waals surface area contributed by atoms with Crippen molar-refractivity contribution in [2.75, 3.05) is 0 Å². The number of allylic oxidation sites excluding steroid dienone is 5. The van der Waals surface area contributed by atoms with Gasteiger partial charge in [-0.1, -0.05) is 36.0 Å². The monoisotopic (exact) mass is 222 g/mol. The van der Waals surface area contributed by atoms with Crippen LogP contribution in [0.4, 0.5) is 0 Å². The third-order valence-corrected chi connectivity index (χ3v) is 2.53. The van der Waals surface area contributed by atoms with Gasteiger partial charge in [0.05, 0.1) is 5.41 Å². The Morgan fingerprint density at radius 2 is 1.88 bits per heavy atom. The lowest BCUT2D eigenvalue weighted by atomic mass is 9.86. The summed E-state index contributed by atoms with van der Waals surface area (Å²) in [7, 11) is 0. The zero-order chi connectivity index (χ0) is 12.8. The number of carbonyl (C=O) groups is 1. The second kappa shape index (κ2) is 6.31. The molecule has 0 atom stereocenters. The maximum Gasteiger partial charge on any atom is 0.309 e. The molecule has 0 heterocycles. The summed E-state index contributed by atoms with van der Waals surface area (Å²) in [5.41, 5.74) is 1.57. The molecule has 0 unspecified atom stereocenters. The van der Waals surface area contributed by atoms with Gasteiger partial charge >= 0.3 is 5.97 Å². The maximum atomic E-state index is 10.9. The highest BCUT2D eigenvalue weighted by Crippen LogP contribution is 2.25. The fraction of sp³-hybridized carbons (Fsp3) is 0.500. The molecule has 0 bridgehead atoms. The molecule has 16 heavy (non-hydrogen) atoms. The molecule has 0 spiro atoms. The molecule has 0 aliphatic heterocycles. The van der Waals surface area contributed by atoms with Gasteiger partial charge in [-0.25, -0.2) is 0 Å². The van der Waals surface area contributed by atoms with Crippen LogP contribution in [-0.4, -0.2) is 11.1 Å². The number of carboxylic acids is 1. The van der Waals surface area contributed by atoms with Crippen LogP contribution in [0.5, 0.6) is 0 Å². The molecule has 0 aromatic heterocycles. The molecular formula is C14H22O2. The minimum atomic E-state index is -0.752. The molecule has 0 fully saturated rings. The Hall–Kier alpha value is -1.31. The van der Waals surface area contributed by atoms with Gasteiger partial charge in [0.1, 0.15) is 0 Å². The zero-order valence-electron chi connectivity index (χ0n) is 10.7. The summed E-state index contributed by atoms with van der Waals surface area (Å²) >= 11 is 0. The van der Waals surface area contributed by atoms with Crippen LogP contribution in [0.1, 0.15) is 40.5 Å². The van der Waals surface area contributed by atoms with Crippen LogP contribution in [0.25, 0.3) is 0 Å². The first kappa shape index (κ1) is 14.7. The van der Waals surface area contributed by atoms with Crippen molar-refractivity contribution in [2.24, 2.45) is 5.41 Å². The third kappa shape index (κ3) is 5.54. The largest absolute Gasteiger partial charge is 0.481 e. The summed E-state index contributed by atoms with van der Waals surface area (Å²) in [4.78, 5) is 10.9. The summed E-state index contributed by atoms with van der Waals surface area (Å²) in [5, 5.41) is 8.99. The summed E-state index contributed by atoms with van der Waals surface area (Å²) in [6.07, 6.45) is 7.37. The second-order valence-corrected chi connectivity index (χ2v) is 4.80. The molecule has 0 aromatic carbocycles. The van der Waals surface area contributed by atoms with E-state index in [9.17, 15) is 4.79 Å². The molecule has 0 aromatic rings. The van der Waals surface area contributed by atoms with Crippen LogP contribution in [0.2, 0.25) is 0 Å². The minimum Gasteiger partial charge on any atom is -0.481 e. The van der Waals surface area contributed by atoms with Gasteiger partial charge in [-0.15, -0.1) is 0 Å². The first-order valence-corrected chi connectivity index (χ1v) is 5.48. The fourth-order valence-electron chi connectivity index (χ4n) is 1.37. The summed E-state index contributed by atoms with van der Waals surface area (Å²) < 4.78 is 0. The molecule has 0 saturated heterocycles. The van der Waals surface area contributed by atoms with Gasteiger partial charge < -0.3 is 5.11 Å². The zero-order valence-corrected chi connectivity index (χ0v) is 10.7. The van der Waals surface area contributed by atoms with Gasteiger partial charge in [0, 0.05) is 0 Å². The van der Waals surface area contributed by atoms with Crippen LogP contribution >= 0.6 is 0 Å². The van der Waals surface area contributed by atoms with Crippen molar-refractivity contribution in [3.05, 3.63) is 36.0 Å². The van der Waals surface area contributed by atoms with E-state index in [1.54, 1.807) is 13.8 Å². The van der Waals surface area contributed by atoms with E-state index in [-0.39, 0.29) is 0 Å². The normalized spacial score (nSPS) is 13.8. The summed E-state index contributed by atoms with van der Waals surface area (Å²) in [6.45, 7) is 11.1. The number of hydrogen-bond acceptors (Lipinski definition) is 1. The maximum absolute atomic E-state index is 10.9. The van der Waals surface area contributed by atoms with Crippen LogP contribution in [0.3, 0.4) is 0 Å². The Morgan fingerprint density at radius 3 is 2.31 bits per heavy atom. The molecule has 2 heteroatoms. The molecule has 0 aliphatic rings. The molecule has 1 N–H and O–H groups in total. The minimum absolute atomic E-state index is 0.587. The quantitative estimate of drug-likeness (QED) is 0.545. The summed E-state index contributed by atoms with van der Waals surface area (Å²) in [5.74, 6) is -0.752. The lowest BCUT2D eigenvalue weighted by Gasteiger charge is -2.19. The van der Waals surface area contributed by atoms with Crippen LogP contribution < -0.4 is 0 Å². The van der Waals surface area contributed by atoms with Crippen molar-refractivity contribution in [2.45, 2.75) is 40.5 Å². The van der Waals surface area contributed by atoms with E-state index in [1.807, 2.05) is 19.9 Å². The Morgan fingerprint density at radius 1 is 1.31 bits per heavy atom. The van der Waals surface area contributed by atoms with Gasteiger partial charge in [0.15, 0.2) is 0 Å². The Balaban J connectivity index is 4.36. The average molecular weight is 222 g/mol. The van der Waals surface area contributed by atoms with Gasteiger partial charge in [-0.3, -0.25) is 4.79 Å². The third-order valence-electron chi connectivity index (χ3n) is 2.53. The lowest BCUT2D eigenvalue weighted by molar-refractivity contribution is -0.146. The highest BCUT2D eigenvalue weighted by Gasteiger charge is 2.26. The number of aliphatic carboxylic acids is 1. The number of rotatable bonds is 6. The standard InChI is InChI=1S/C14H22O2/c1-6-11(2)8-7-9-12(3)10-14(4,5)13(15)16/h6,8-9H,1,7,10H2,2-5H3,(H,15,16). The molecule has 2 nitrogen and oxygen atoms in total. The first-order chi connectivity index (χ1) is 7.29. The van der Waals surface area contributed by atoms with E-state index in [4.69, 9.17) is 5.11 Å². The van der Waals surface area contributed by atoms with Crippen molar-refractivity contribution in [1.29, 1.82) is 0 Å². The number of hydrogen-bond donors (Lipinski definition) is 1. The van der Waals surface area contributed by atoms with Crippen LogP contribution in [0, 0.1) is 5.41 Å². The van der Waals surface area contributed by atoms with Gasteiger partial charge in [0.2, 0.25) is 0 Å². The average Bonchev–Trinajstić information content (AvgIpc) is 2.16. The van der Waals surface area contributed by atoms with E-state index < -0.39 is 11.4 Å². The SMILES string of the molecule is C=CC(C)=CCC=C(C)CC(C)(C)C(=O)O. The van der Waals surface area contributed by atoms with Crippen LogP contribution in [0.15, 0.2) is 36.0 Å². The van der Waals surface area contributed by atoms with Gasteiger partial charge in [-0.05, 0) is 40.5 Å². The first-order valence-electron chi connectivity index (χ1n) is 5.48. The van der Waals surface area contributed by atoms with Crippen molar-refractivity contribution >= 4 is 5.97 Å². The molecule has 0 radical (unpaired) electrons. The Labute approximate surface area is 98.4 Å². The van der Waals surface area contributed by atoms with E-state index in [0.29, 0.717) is 6.42 Å². The Kier molecular flexibility index (Phi) is 5.79. The molecule has 90 valence electrons. The lowest BCUT2D eigenvalue weighted by Crippen LogP contribution is -2.23. The fourth-order valence-corrected chi connectivity index (χ4v) is 1.37. The number of carboxylic acid groups (broad SMARTS) is 1. The van der Waals surface area contributed by atoms with E-state index in [1.165, 1.54) is 0 Å². The Bertz CT molecular complexity index is 320.